The zero-order valence-electron chi connectivity index (χ0n) is 9.06. The van der Waals surface area contributed by atoms with Crippen molar-refractivity contribution < 1.29 is 17.9 Å². The molecule has 0 amide bonds. The third-order valence-electron chi connectivity index (χ3n) is 2.30. The molecule has 0 fully saturated rings. The van der Waals surface area contributed by atoms with Gasteiger partial charge in [0.15, 0.2) is 9.84 Å². The molecule has 1 atom stereocenters. The van der Waals surface area contributed by atoms with Crippen LogP contribution in [0.1, 0.15) is 13.3 Å². The second kappa shape index (κ2) is 5.41. The molecule has 1 rings (SSSR count). The van der Waals surface area contributed by atoms with Crippen molar-refractivity contribution in [2.45, 2.75) is 18.2 Å². The molecule has 0 spiro atoms. The van der Waals surface area contributed by atoms with Crippen molar-refractivity contribution in [2.75, 3.05) is 12.4 Å². The fourth-order valence-corrected chi connectivity index (χ4v) is 3.08. The van der Waals surface area contributed by atoms with Gasteiger partial charge < -0.3 is 5.11 Å². The lowest BCUT2D eigenvalue weighted by Gasteiger charge is -2.10. The van der Waals surface area contributed by atoms with Crippen LogP contribution in [-0.2, 0) is 9.84 Å². The molecule has 90 valence electrons. The molecule has 16 heavy (non-hydrogen) atoms. The summed E-state index contributed by atoms with van der Waals surface area (Å²) >= 11 is 0. The Labute approximate surface area is 94.8 Å². The minimum absolute atomic E-state index is 0.0277. The van der Waals surface area contributed by atoms with Crippen LogP contribution in [0.3, 0.4) is 0 Å². The average Bonchev–Trinajstić information content (AvgIpc) is 2.17. The summed E-state index contributed by atoms with van der Waals surface area (Å²) in [4.78, 5) is 0.124. The molecule has 0 radical (unpaired) electrons. The van der Waals surface area contributed by atoms with Crippen LogP contribution in [0.4, 0.5) is 4.39 Å². The molecule has 1 aromatic carbocycles. The molecule has 0 heterocycles. The van der Waals surface area contributed by atoms with Crippen molar-refractivity contribution in [3.8, 4) is 0 Å². The number of sulfone groups is 1. The normalized spacial score (nSPS) is 13.7. The van der Waals surface area contributed by atoms with Gasteiger partial charge in [0.25, 0.3) is 0 Å². The van der Waals surface area contributed by atoms with E-state index in [-0.39, 0.29) is 23.2 Å². The largest absolute Gasteiger partial charge is 0.396 e. The summed E-state index contributed by atoms with van der Waals surface area (Å²) in [5.74, 6) is -0.596. The molecule has 1 N–H and O–H groups in total. The topological polar surface area (TPSA) is 54.4 Å². The van der Waals surface area contributed by atoms with Gasteiger partial charge in [0.2, 0.25) is 0 Å². The van der Waals surface area contributed by atoms with Crippen LogP contribution in [-0.4, -0.2) is 25.9 Å². The SMILES string of the molecule is CC(CCO)CS(=O)(=O)c1ccc(F)cc1. The maximum Gasteiger partial charge on any atom is 0.178 e. The average molecular weight is 246 g/mol. The maximum absolute atomic E-state index is 12.6. The standard InChI is InChI=1S/C11H15FO3S/c1-9(6-7-13)8-16(14,15)11-4-2-10(12)3-5-11/h2-5,9,13H,6-8H2,1H3. The van der Waals surface area contributed by atoms with Gasteiger partial charge in [-0.2, -0.15) is 0 Å². The molecule has 0 bridgehead atoms. The molecule has 0 aromatic heterocycles. The highest BCUT2D eigenvalue weighted by molar-refractivity contribution is 7.91. The molecule has 0 saturated carbocycles. The first-order chi connectivity index (χ1) is 7.45. The number of hydrogen-bond donors (Lipinski definition) is 1. The van der Waals surface area contributed by atoms with Gasteiger partial charge in [0.05, 0.1) is 10.6 Å². The Hall–Kier alpha value is -0.940. The molecule has 0 aliphatic carbocycles. The van der Waals surface area contributed by atoms with E-state index >= 15 is 0 Å². The van der Waals surface area contributed by atoms with Gasteiger partial charge in [-0.15, -0.1) is 0 Å². The number of hydrogen-bond acceptors (Lipinski definition) is 3. The van der Waals surface area contributed by atoms with Crippen LogP contribution in [0.25, 0.3) is 0 Å². The van der Waals surface area contributed by atoms with Crippen LogP contribution in [0.5, 0.6) is 0 Å². The van der Waals surface area contributed by atoms with Crippen LogP contribution in [0, 0.1) is 11.7 Å². The predicted molar refractivity (Wildman–Crippen MR) is 59.3 cm³/mol. The molecule has 0 aliphatic heterocycles. The first kappa shape index (κ1) is 13.1. The van der Waals surface area contributed by atoms with Crippen molar-refractivity contribution >= 4 is 9.84 Å². The number of aliphatic hydroxyl groups excluding tert-OH is 1. The number of aliphatic hydroxyl groups is 1. The van der Waals surface area contributed by atoms with Gasteiger partial charge in [-0.25, -0.2) is 12.8 Å². The fourth-order valence-electron chi connectivity index (χ4n) is 1.42. The Morgan fingerprint density at radius 2 is 1.88 bits per heavy atom. The van der Waals surface area contributed by atoms with Crippen molar-refractivity contribution in [1.82, 2.24) is 0 Å². The van der Waals surface area contributed by atoms with Crippen molar-refractivity contribution in [3.63, 3.8) is 0 Å². The lowest BCUT2D eigenvalue weighted by atomic mass is 10.1. The van der Waals surface area contributed by atoms with Crippen LogP contribution >= 0.6 is 0 Å². The zero-order chi connectivity index (χ0) is 12.2. The van der Waals surface area contributed by atoms with Crippen molar-refractivity contribution in [2.24, 2.45) is 5.92 Å². The van der Waals surface area contributed by atoms with E-state index in [1.54, 1.807) is 6.92 Å². The van der Waals surface area contributed by atoms with E-state index in [0.29, 0.717) is 6.42 Å². The Morgan fingerprint density at radius 1 is 1.31 bits per heavy atom. The second-order valence-corrected chi connectivity index (χ2v) is 5.89. The summed E-state index contributed by atoms with van der Waals surface area (Å²) in [6.45, 7) is 1.73. The van der Waals surface area contributed by atoms with E-state index in [9.17, 15) is 12.8 Å². The lowest BCUT2D eigenvalue weighted by molar-refractivity contribution is 0.268. The van der Waals surface area contributed by atoms with E-state index in [1.807, 2.05) is 0 Å². The van der Waals surface area contributed by atoms with Crippen LogP contribution in [0.2, 0.25) is 0 Å². The van der Waals surface area contributed by atoms with E-state index in [0.717, 1.165) is 12.1 Å². The molecule has 0 saturated heterocycles. The molecular formula is C11H15FO3S. The predicted octanol–water partition coefficient (Wildman–Crippen LogP) is 1.62. The van der Waals surface area contributed by atoms with Gasteiger partial charge >= 0.3 is 0 Å². The fraction of sp³-hybridized carbons (Fsp3) is 0.455. The van der Waals surface area contributed by atoms with Crippen LogP contribution in [0.15, 0.2) is 29.2 Å². The number of benzene rings is 1. The second-order valence-electron chi connectivity index (χ2n) is 3.85. The van der Waals surface area contributed by atoms with E-state index in [1.165, 1.54) is 12.1 Å². The molecule has 3 nitrogen and oxygen atoms in total. The van der Waals surface area contributed by atoms with Crippen molar-refractivity contribution in [1.29, 1.82) is 0 Å². The monoisotopic (exact) mass is 246 g/mol. The van der Waals surface area contributed by atoms with Crippen molar-refractivity contribution in [3.05, 3.63) is 30.1 Å². The Bertz CT molecular complexity index is 425. The molecule has 1 unspecified atom stereocenters. The maximum atomic E-state index is 12.6. The highest BCUT2D eigenvalue weighted by Gasteiger charge is 2.18. The van der Waals surface area contributed by atoms with E-state index < -0.39 is 15.7 Å². The zero-order valence-corrected chi connectivity index (χ0v) is 9.87. The summed E-state index contributed by atoms with van der Waals surface area (Å²) in [7, 11) is -3.38. The Balaban J connectivity index is 2.82. The highest BCUT2D eigenvalue weighted by atomic mass is 32.2. The Kier molecular flexibility index (Phi) is 4.44. The first-order valence-electron chi connectivity index (χ1n) is 5.05. The third kappa shape index (κ3) is 3.57. The van der Waals surface area contributed by atoms with Gasteiger partial charge in [-0.1, -0.05) is 6.92 Å². The summed E-state index contributed by atoms with van der Waals surface area (Å²) < 4.78 is 36.3. The molecular weight excluding hydrogens is 231 g/mol. The number of rotatable bonds is 5. The highest BCUT2D eigenvalue weighted by Crippen LogP contribution is 2.16. The molecule has 5 heteroatoms. The van der Waals surface area contributed by atoms with E-state index in [2.05, 4.69) is 0 Å². The minimum Gasteiger partial charge on any atom is -0.396 e. The number of halogens is 1. The van der Waals surface area contributed by atoms with Gasteiger partial charge in [0, 0.05) is 6.61 Å². The van der Waals surface area contributed by atoms with Gasteiger partial charge in [-0.3, -0.25) is 0 Å². The van der Waals surface area contributed by atoms with Gasteiger partial charge in [-0.05, 0) is 36.6 Å². The smallest absolute Gasteiger partial charge is 0.178 e. The summed E-state index contributed by atoms with van der Waals surface area (Å²) in [6, 6.07) is 4.78. The summed E-state index contributed by atoms with van der Waals surface area (Å²) in [5.41, 5.74) is 0. The molecule has 1 aromatic rings. The quantitative estimate of drug-likeness (QED) is 0.803. The molecule has 0 aliphatic rings. The van der Waals surface area contributed by atoms with Gasteiger partial charge in [0.1, 0.15) is 5.82 Å². The minimum atomic E-state index is -3.38. The van der Waals surface area contributed by atoms with E-state index in [4.69, 9.17) is 5.11 Å². The first-order valence-corrected chi connectivity index (χ1v) is 6.70. The Morgan fingerprint density at radius 3 is 2.38 bits per heavy atom. The summed E-state index contributed by atoms with van der Waals surface area (Å²) in [5, 5.41) is 8.70. The summed E-state index contributed by atoms with van der Waals surface area (Å²) in [6.07, 6.45) is 0.445. The van der Waals surface area contributed by atoms with Crippen LogP contribution < -0.4 is 0 Å². The lowest BCUT2D eigenvalue weighted by Crippen LogP contribution is -2.15. The third-order valence-corrected chi connectivity index (χ3v) is 4.30.